The number of rotatable bonds is 2. The molecule has 0 saturated carbocycles. The molecule has 4 rings (SSSR count). The van der Waals surface area contributed by atoms with Crippen LogP contribution in [0, 0.1) is 3.57 Å². The number of hydrogen-bond donors (Lipinski definition) is 0. The highest BCUT2D eigenvalue weighted by Crippen LogP contribution is 2.26. The van der Waals surface area contributed by atoms with Gasteiger partial charge in [0.2, 0.25) is 11.8 Å². The van der Waals surface area contributed by atoms with Crippen LogP contribution in [0.4, 0.5) is 0 Å². The highest BCUT2D eigenvalue weighted by atomic mass is 127. The number of esters is 1. The number of carbonyl (C=O) groups excluding carboxylic acids is 2. The second-order valence-corrected chi connectivity index (χ2v) is 7.96. The Hall–Kier alpha value is -2.26. The summed E-state index contributed by atoms with van der Waals surface area (Å²) in [6, 6.07) is 15.0. The van der Waals surface area contributed by atoms with E-state index in [2.05, 4.69) is 43.5 Å². The van der Waals surface area contributed by atoms with Crippen molar-refractivity contribution in [2.24, 2.45) is 4.99 Å². The Morgan fingerprint density at radius 1 is 1.22 bits per heavy atom. The van der Waals surface area contributed by atoms with Gasteiger partial charge in [0.1, 0.15) is 0 Å². The minimum atomic E-state index is -0.542. The number of hydrogen-bond acceptors (Lipinski definition) is 4. The smallest absolute Gasteiger partial charge is 0.363 e. The average molecular weight is 535 g/mol. The maximum atomic E-state index is 12.3. The topological polar surface area (TPSA) is 60.7 Å². The van der Waals surface area contributed by atoms with Crippen LogP contribution in [0.2, 0.25) is 0 Å². The molecule has 1 aliphatic heterocycles. The van der Waals surface area contributed by atoms with Crippen molar-refractivity contribution in [3.8, 4) is 0 Å². The first-order chi connectivity index (χ1) is 12.9. The van der Waals surface area contributed by atoms with Gasteiger partial charge >= 0.3 is 5.97 Å². The van der Waals surface area contributed by atoms with E-state index in [1.165, 1.54) is 6.92 Å². The molecule has 27 heavy (non-hydrogen) atoms. The van der Waals surface area contributed by atoms with Crippen molar-refractivity contribution < 1.29 is 14.3 Å². The summed E-state index contributed by atoms with van der Waals surface area (Å²) >= 11 is 5.67. The standard InChI is InChI=1S/C20H12BrIN2O3/c1-11(25)24-14(8-12-4-2-3-5-18(12)24)10-17-20(26)27-19(23-17)13-6-7-16(22)15(21)9-13/h2-10H,1H3/b17-10-. The Bertz CT molecular complexity index is 1180. The van der Waals surface area contributed by atoms with Crippen molar-refractivity contribution in [3.63, 3.8) is 0 Å². The molecule has 0 bridgehead atoms. The van der Waals surface area contributed by atoms with Crippen molar-refractivity contribution >= 4 is 73.3 Å². The molecule has 0 unspecified atom stereocenters. The van der Waals surface area contributed by atoms with Gasteiger partial charge < -0.3 is 4.74 Å². The molecule has 0 aliphatic carbocycles. The Kier molecular flexibility index (Phi) is 4.73. The van der Waals surface area contributed by atoms with Gasteiger partial charge in [-0.1, -0.05) is 18.2 Å². The van der Waals surface area contributed by atoms with Gasteiger partial charge in [-0.25, -0.2) is 9.79 Å². The monoisotopic (exact) mass is 534 g/mol. The molecule has 1 aliphatic rings. The number of cyclic esters (lactones) is 1. The number of ether oxygens (including phenoxy) is 1. The quantitative estimate of drug-likeness (QED) is 0.264. The molecule has 0 spiro atoms. The number of aromatic nitrogens is 1. The van der Waals surface area contributed by atoms with Gasteiger partial charge in [0, 0.05) is 25.9 Å². The van der Waals surface area contributed by atoms with E-state index in [-0.39, 0.29) is 17.5 Å². The lowest BCUT2D eigenvalue weighted by Crippen LogP contribution is -2.08. The van der Waals surface area contributed by atoms with Crippen LogP contribution >= 0.6 is 38.5 Å². The molecular formula is C20H12BrIN2O3. The molecule has 0 amide bonds. The van der Waals surface area contributed by atoms with Crippen molar-refractivity contribution in [1.29, 1.82) is 0 Å². The first-order valence-corrected chi connectivity index (χ1v) is 9.90. The third-order valence-corrected chi connectivity index (χ3v) is 6.46. The Morgan fingerprint density at radius 3 is 2.74 bits per heavy atom. The molecule has 2 heterocycles. The van der Waals surface area contributed by atoms with Gasteiger partial charge in [-0.15, -0.1) is 0 Å². The summed E-state index contributed by atoms with van der Waals surface area (Å²) in [5, 5.41) is 0.914. The maximum absolute atomic E-state index is 12.3. The summed E-state index contributed by atoms with van der Waals surface area (Å²) in [4.78, 5) is 28.8. The van der Waals surface area contributed by atoms with Crippen LogP contribution in [0.3, 0.4) is 0 Å². The van der Waals surface area contributed by atoms with E-state index in [9.17, 15) is 9.59 Å². The van der Waals surface area contributed by atoms with E-state index in [1.807, 2.05) is 48.5 Å². The summed E-state index contributed by atoms with van der Waals surface area (Å²) in [7, 11) is 0. The summed E-state index contributed by atoms with van der Waals surface area (Å²) < 4.78 is 8.83. The number of fused-ring (bicyclic) bond motifs is 1. The predicted molar refractivity (Wildman–Crippen MR) is 116 cm³/mol. The van der Waals surface area contributed by atoms with Crippen LogP contribution in [0.1, 0.15) is 23.0 Å². The normalized spacial score (nSPS) is 15.3. The Labute approximate surface area is 177 Å². The summed E-state index contributed by atoms with van der Waals surface area (Å²) in [6.45, 7) is 1.49. The van der Waals surface area contributed by atoms with Crippen molar-refractivity contribution in [3.05, 3.63) is 73.5 Å². The molecule has 3 aromatic rings. The number of nitrogens with zero attached hydrogens (tertiary/aromatic N) is 2. The van der Waals surface area contributed by atoms with E-state index in [1.54, 1.807) is 10.6 Å². The SMILES string of the molecule is CC(=O)n1c(/C=C2\N=C(c3ccc(I)c(Br)c3)OC2=O)cc2ccccc21. The Balaban J connectivity index is 1.80. The van der Waals surface area contributed by atoms with Crippen LogP contribution in [-0.2, 0) is 9.53 Å². The molecule has 1 aromatic heterocycles. The van der Waals surface area contributed by atoms with Crippen LogP contribution in [0.25, 0.3) is 17.0 Å². The molecule has 7 heteroatoms. The summed E-state index contributed by atoms with van der Waals surface area (Å²) in [5.41, 5.74) is 2.23. The van der Waals surface area contributed by atoms with Gasteiger partial charge in [-0.3, -0.25) is 9.36 Å². The lowest BCUT2D eigenvalue weighted by molar-refractivity contribution is -0.129. The first-order valence-electron chi connectivity index (χ1n) is 8.03. The van der Waals surface area contributed by atoms with Crippen LogP contribution in [0.15, 0.2) is 63.7 Å². The third-order valence-electron chi connectivity index (χ3n) is 4.13. The van der Waals surface area contributed by atoms with Gasteiger partial charge in [0.15, 0.2) is 5.70 Å². The highest BCUT2D eigenvalue weighted by Gasteiger charge is 2.25. The molecule has 2 aromatic carbocycles. The predicted octanol–water partition coefficient (Wildman–Crippen LogP) is 5.01. The first kappa shape index (κ1) is 18.1. The number of carbonyl (C=O) groups is 2. The van der Waals surface area contributed by atoms with E-state index in [0.717, 1.165) is 18.9 Å². The zero-order valence-corrected chi connectivity index (χ0v) is 17.8. The second-order valence-electron chi connectivity index (χ2n) is 5.95. The highest BCUT2D eigenvalue weighted by molar-refractivity contribution is 14.1. The fourth-order valence-corrected chi connectivity index (χ4v) is 3.65. The van der Waals surface area contributed by atoms with Crippen molar-refractivity contribution in [2.75, 3.05) is 0 Å². The zero-order valence-electron chi connectivity index (χ0n) is 14.1. The van der Waals surface area contributed by atoms with Crippen LogP contribution < -0.4 is 0 Å². The average Bonchev–Trinajstić information content (AvgIpc) is 3.18. The van der Waals surface area contributed by atoms with E-state index < -0.39 is 5.97 Å². The lowest BCUT2D eigenvalue weighted by atomic mass is 10.2. The minimum Gasteiger partial charge on any atom is -0.402 e. The third kappa shape index (κ3) is 3.37. The summed E-state index contributed by atoms with van der Waals surface area (Å²) in [6.07, 6.45) is 1.58. The fraction of sp³-hybridized carbons (Fsp3) is 0.0500. The van der Waals surface area contributed by atoms with Gasteiger partial charge in [0.05, 0.1) is 11.2 Å². The van der Waals surface area contributed by atoms with Crippen LogP contribution in [-0.4, -0.2) is 22.3 Å². The zero-order chi connectivity index (χ0) is 19.1. The van der Waals surface area contributed by atoms with Crippen molar-refractivity contribution in [2.45, 2.75) is 6.92 Å². The fourth-order valence-electron chi connectivity index (χ4n) is 2.94. The lowest BCUT2D eigenvalue weighted by Gasteiger charge is -2.02. The van der Waals surface area contributed by atoms with Crippen LogP contribution in [0.5, 0.6) is 0 Å². The number of halogens is 2. The molecule has 0 saturated heterocycles. The molecule has 0 N–H and O–H groups in total. The maximum Gasteiger partial charge on any atom is 0.363 e. The molecule has 0 atom stereocenters. The number of para-hydroxylation sites is 1. The van der Waals surface area contributed by atoms with Gasteiger partial charge in [-0.2, -0.15) is 0 Å². The molecule has 5 nitrogen and oxygen atoms in total. The van der Waals surface area contributed by atoms with E-state index >= 15 is 0 Å². The molecule has 0 radical (unpaired) electrons. The number of benzene rings is 2. The van der Waals surface area contributed by atoms with Gasteiger partial charge in [-0.05, 0) is 74.9 Å². The van der Waals surface area contributed by atoms with Crippen molar-refractivity contribution in [1.82, 2.24) is 4.57 Å². The molecular weight excluding hydrogens is 523 g/mol. The van der Waals surface area contributed by atoms with Gasteiger partial charge in [0.25, 0.3) is 0 Å². The largest absolute Gasteiger partial charge is 0.402 e. The number of aliphatic imine (C=N–C) groups is 1. The molecule has 134 valence electrons. The summed E-state index contributed by atoms with van der Waals surface area (Å²) in [5.74, 6) is -0.436. The molecule has 0 fully saturated rings. The van der Waals surface area contributed by atoms with E-state index in [4.69, 9.17) is 4.74 Å². The second kappa shape index (κ2) is 7.05. The van der Waals surface area contributed by atoms with E-state index in [0.29, 0.717) is 11.3 Å². The Morgan fingerprint density at radius 2 is 2.00 bits per heavy atom. The minimum absolute atomic E-state index is 0.139.